The fourth-order valence-corrected chi connectivity index (χ4v) is 2.29. The molecule has 0 aromatic heterocycles. The van der Waals surface area contributed by atoms with Gasteiger partial charge in [-0.3, -0.25) is 4.79 Å². The quantitative estimate of drug-likeness (QED) is 0.768. The smallest absolute Gasteiger partial charge is 0.416 e. The first-order valence-electron chi connectivity index (χ1n) is 6.72. The number of halogens is 3. The first-order valence-corrected chi connectivity index (χ1v) is 6.72. The Morgan fingerprint density at radius 2 is 1.83 bits per heavy atom. The third-order valence-corrected chi connectivity index (χ3v) is 3.34. The summed E-state index contributed by atoms with van der Waals surface area (Å²) in [4.78, 5) is 11.0. The maximum Gasteiger partial charge on any atom is 0.416 e. The summed E-state index contributed by atoms with van der Waals surface area (Å²) in [6.45, 7) is 0.208. The normalized spacial score (nSPS) is 11.3. The molecule has 3 nitrogen and oxygen atoms in total. The molecule has 0 bridgehead atoms. The predicted octanol–water partition coefficient (Wildman–Crippen LogP) is 4.34. The summed E-state index contributed by atoms with van der Waals surface area (Å²) >= 11 is 0. The topological polar surface area (TPSA) is 35.5 Å². The van der Waals surface area contributed by atoms with Crippen molar-refractivity contribution < 1.29 is 27.4 Å². The van der Waals surface area contributed by atoms with Gasteiger partial charge in [0.05, 0.1) is 19.3 Å². The molecule has 0 spiro atoms. The zero-order valence-electron chi connectivity index (χ0n) is 12.6. The second-order valence-corrected chi connectivity index (χ2v) is 4.92. The van der Waals surface area contributed by atoms with Gasteiger partial charge in [0, 0.05) is 12.7 Å². The van der Waals surface area contributed by atoms with Crippen molar-refractivity contribution in [2.75, 3.05) is 14.2 Å². The number of benzene rings is 2. The molecule has 0 heterocycles. The van der Waals surface area contributed by atoms with E-state index in [1.54, 1.807) is 18.2 Å². The van der Waals surface area contributed by atoms with E-state index in [0.717, 1.165) is 12.1 Å². The molecular formula is C17H15F3O3. The first kappa shape index (κ1) is 17.0. The highest BCUT2D eigenvalue weighted by Gasteiger charge is 2.31. The summed E-state index contributed by atoms with van der Waals surface area (Å²) in [5.41, 5.74) is 0.631. The summed E-state index contributed by atoms with van der Waals surface area (Å²) < 4.78 is 49.2. The molecule has 2 aromatic rings. The summed E-state index contributed by atoms with van der Waals surface area (Å²) in [6.07, 6.45) is -4.13. The van der Waals surface area contributed by atoms with Crippen LogP contribution in [0.5, 0.6) is 5.75 Å². The molecule has 0 atom stereocenters. The molecule has 0 fully saturated rings. The van der Waals surface area contributed by atoms with Crippen molar-refractivity contribution in [2.24, 2.45) is 0 Å². The van der Waals surface area contributed by atoms with Gasteiger partial charge in [0.1, 0.15) is 12.0 Å². The van der Waals surface area contributed by atoms with Crippen molar-refractivity contribution in [3.05, 3.63) is 53.1 Å². The highest BCUT2D eigenvalue weighted by atomic mass is 19.4. The lowest BCUT2D eigenvalue weighted by Crippen LogP contribution is -2.06. The monoisotopic (exact) mass is 324 g/mol. The van der Waals surface area contributed by atoms with Crippen molar-refractivity contribution in [3.63, 3.8) is 0 Å². The number of aldehydes is 1. The van der Waals surface area contributed by atoms with Gasteiger partial charge in [-0.25, -0.2) is 0 Å². The largest absolute Gasteiger partial charge is 0.497 e. The van der Waals surface area contributed by atoms with E-state index in [1.165, 1.54) is 20.3 Å². The number of hydrogen-bond acceptors (Lipinski definition) is 3. The number of methoxy groups -OCH3 is 2. The average molecular weight is 324 g/mol. The summed E-state index contributed by atoms with van der Waals surface area (Å²) in [5.74, 6) is 0.573. The highest BCUT2D eigenvalue weighted by molar-refractivity contribution is 5.80. The van der Waals surface area contributed by atoms with Gasteiger partial charge in [0.2, 0.25) is 0 Å². The number of hydrogen-bond donors (Lipinski definition) is 0. The van der Waals surface area contributed by atoms with Crippen molar-refractivity contribution in [2.45, 2.75) is 12.8 Å². The van der Waals surface area contributed by atoms with E-state index in [-0.39, 0.29) is 12.2 Å². The number of carbonyl (C=O) groups is 1. The van der Waals surface area contributed by atoms with Crippen LogP contribution in [0.2, 0.25) is 0 Å². The van der Waals surface area contributed by atoms with E-state index in [4.69, 9.17) is 9.47 Å². The van der Waals surface area contributed by atoms with Gasteiger partial charge in [-0.05, 0) is 47.0 Å². The van der Waals surface area contributed by atoms with E-state index in [0.29, 0.717) is 28.7 Å². The lowest BCUT2D eigenvalue weighted by Gasteiger charge is -2.14. The molecule has 0 N–H and O–H groups in total. The van der Waals surface area contributed by atoms with Crippen LogP contribution in [-0.4, -0.2) is 20.5 Å². The van der Waals surface area contributed by atoms with Gasteiger partial charge in [-0.1, -0.05) is 6.07 Å². The number of alkyl halides is 3. The SMILES string of the molecule is COCc1cc(OC)ccc1-c1cc(C=O)cc(C(F)(F)F)c1. The van der Waals surface area contributed by atoms with Crippen LogP contribution in [0.3, 0.4) is 0 Å². The summed E-state index contributed by atoms with van der Waals surface area (Å²) in [6, 6.07) is 8.26. The molecule has 0 radical (unpaired) electrons. The first-order chi connectivity index (χ1) is 10.9. The van der Waals surface area contributed by atoms with Crippen LogP contribution in [0.4, 0.5) is 13.2 Å². The zero-order valence-corrected chi connectivity index (χ0v) is 12.6. The number of ether oxygens (including phenoxy) is 2. The molecule has 23 heavy (non-hydrogen) atoms. The minimum Gasteiger partial charge on any atom is -0.497 e. The Balaban J connectivity index is 2.63. The van der Waals surface area contributed by atoms with Gasteiger partial charge in [-0.15, -0.1) is 0 Å². The standard InChI is InChI=1S/C17H15F3O3/c1-22-10-13-8-15(23-2)3-4-16(13)12-5-11(9-21)6-14(7-12)17(18,19)20/h3-9H,10H2,1-2H3. The van der Waals surface area contributed by atoms with E-state index < -0.39 is 11.7 Å². The lowest BCUT2D eigenvalue weighted by molar-refractivity contribution is -0.137. The maximum absolute atomic E-state index is 13.0. The Labute approximate surface area is 131 Å². The van der Waals surface area contributed by atoms with Crippen LogP contribution in [0.15, 0.2) is 36.4 Å². The maximum atomic E-state index is 13.0. The molecule has 2 rings (SSSR count). The third kappa shape index (κ3) is 3.90. The van der Waals surface area contributed by atoms with E-state index in [2.05, 4.69) is 0 Å². The second-order valence-electron chi connectivity index (χ2n) is 4.92. The van der Waals surface area contributed by atoms with Crippen molar-refractivity contribution in [1.29, 1.82) is 0 Å². The summed E-state index contributed by atoms with van der Waals surface area (Å²) in [5, 5.41) is 0. The Hall–Kier alpha value is -2.34. The molecule has 0 aliphatic heterocycles. The van der Waals surface area contributed by atoms with Gasteiger partial charge >= 0.3 is 6.18 Å². The van der Waals surface area contributed by atoms with Crippen molar-refractivity contribution >= 4 is 6.29 Å². The Morgan fingerprint density at radius 3 is 2.39 bits per heavy atom. The molecule has 0 amide bonds. The summed E-state index contributed by atoms with van der Waals surface area (Å²) in [7, 11) is 2.99. The zero-order chi connectivity index (χ0) is 17.0. The second kappa shape index (κ2) is 6.83. The van der Waals surface area contributed by atoms with Gasteiger partial charge in [-0.2, -0.15) is 13.2 Å². The fraction of sp³-hybridized carbons (Fsp3) is 0.235. The third-order valence-electron chi connectivity index (χ3n) is 3.34. The average Bonchev–Trinajstić information content (AvgIpc) is 2.53. The van der Waals surface area contributed by atoms with Gasteiger partial charge in [0.15, 0.2) is 0 Å². The van der Waals surface area contributed by atoms with E-state index in [9.17, 15) is 18.0 Å². The Bertz CT molecular complexity index is 709. The van der Waals surface area contributed by atoms with Crippen LogP contribution in [0.1, 0.15) is 21.5 Å². The molecule has 0 saturated heterocycles. The molecule has 0 unspecified atom stereocenters. The lowest BCUT2D eigenvalue weighted by atomic mass is 9.96. The Kier molecular flexibility index (Phi) is 5.05. The minimum absolute atomic E-state index is 0.0333. The molecule has 0 aliphatic rings. The van der Waals surface area contributed by atoms with Crippen molar-refractivity contribution in [3.8, 4) is 16.9 Å². The minimum atomic E-state index is -4.53. The molecular weight excluding hydrogens is 309 g/mol. The molecule has 2 aromatic carbocycles. The predicted molar refractivity (Wildman–Crippen MR) is 79.5 cm³/mol. The van der Waals surface area contributed by atoms with Crippen LogP contribution in [0, 0.1) is 0 Å². The fourth-order valence-electron chi connectivity index (χ4n) is 2.29. The Morgan fingerprint density at radius 1 is 1.09 bits per heavy atom. The van der Waals surface area contributed by atoms with Gasteiger partial charge in [0.25, 0.3) is 0 Å². The molecule has 0 saturated carbocycles. The molecule has 122 valence electrons. The van der Waals surface area contributed by atoms with Gasteiger partial charge < -0.3 is 9.47 Å². The van der Waals surface area contributed by atoms with Crippen LogP contribution in [0.25, 0.3) is 11.1 Å². The highest BCUT2D eigenvalue weighted by Crippen LogP contribution is 2.35. The van der Waals surface area contributed by atoms with Crippen LogP contribution >= 0.6 is 0 Å². The molecule has 0 aliphatic carbocycles. The van der Waals surface area contributed by atoms with E-state index >= 15 is 0 Å². The molecule has 6 heteroatoms. The van der Waals surface area contributed by atoms with E-state index in [1.807, 2.05) is 0 Å². The van der Waals surface area contributed by atoms with Crippen LogP contribution < -0.4 is 4.74 Å². The number of rotatable bonds is 5. The number of carbonyl (C=O) groups excluding carboxylic acids is 1. The van der Waals surface area contributed by atoms with Crippen molar-refractivity contribution in [1.82, 2.24) is 0 Å². The van der Waals surface area contributed by atoms with Crippen LogP contribution in [-0.2, 0) is 17.5 Å².